The molecule has 0 saturated heterocycles. The number of anilines is 2. The molecule has 0 aliphatic carbocycles. The van der Waals surface area contributed by atoms with Gasteiger partial charge in [-0.1, -0.05) is 35.7 Å². The number of thiazole rings is 1. The molecule has 3 aromatic carbocycles. The van der Waals surface area contributed by atoms with E-state index in [-0.39, 0.29) is 24.6 Å². The number of fused-ring (bicyclic) bond motifs is 1. The Labute approximate surface area is 240 Å². The van der Waals surface area contributed by atoms with Crippen molar-refractivity contribution in [1.82, 2.24) is 15.0 Å². The third-order valence-corrected chi connectivity index (χ3v) is 7.71. The second-order valence-corrected chi connectivity index (χ2v) is 12.4. The zero-order chi connectivity index (χ0) is 28.1. The van der Waals surface area contributed by atoms with Crippen molar-refractivity contribution in [2.75, 3.05) is 17.3 Å². The minimum atomic E-state index is -3.05. The molecule has 5 rings (SSSR count). The van der Waals surface area contributed by atoms with E-state index in [2.05, 4.69) is 32.1 Å². The smallest absolute Gasteiger partial charge is 0.167 e. The highest BCUT2D eigenvalue weighted by atomic mass is 35.5. The van der Waals surface area contributed by atoms with Crippen molar-refractivity contribution < 1.29 is 17.5 Å². The molecule has 1 N–H and O–H groups in total. The normalized spacial score (nSPS) is 11.2. The van der Waals surface area contributed by atoms with Crippen molar-refractivity contribution in [2.24, 2.45) is 0 Å². The van der Waals surface area contributed by atoms with Crippen molar-refractivity contribution in [2.45, 2.75) is 13.0 Å². The predicted molar refractivity (Wildman–Crippen MR) is 157 cm³/mol. The second-order valence-electron chi connectivity index (χ2n) is 8.86. The first-order chi connectivity index (χ1) is 19.2. The molecule has 0 fully saturated rings. The van der Waals surface area contributed by atoms with Gasteiger partial charge in [0.2, 0.25) is 0 Å². The second kappa shape index (κ2) is 12.0. The SMILES string of the molecule is CS(=O)(=O)CCC#Cc1nc(-c2ccc3ncnc(Nc4ccc(OCc5cccc(F)c5)c(Cl)c4)c3c2)cs1. The van der Waals surface area contributed by atoms with Gasteiger partial charge >= 0.3 is 0 Å². The van der Waals surface area contributed by atoms with Gasteiger partial charge in [0.15, 0.2) is 5.01 Å². The lowest BCUT2D eigenvalue weighted by Gasteiger charge is -2.12. The molecule has 0 unspecified atom stereocenters. The number of aromatic nitrogens is 3. The summed E-state index contributed by atoms with van der Waals surface area (Å²) < 4.78 is 41.8. The number of halogens is 2. The lowest BCUT2D eigenvalue weighted by atomic mass is 10.1. The molecular formula is C29H22ClFN4O3S2. The molecule has 11 heteroatoms. The molecule has 5 aromatic rings. The number of benzene rings is 3. The van der Waals surface area contributed by atoms with E-state index in [1.807, 2.05) is 29.6 Å². The summed E-state index contributed by atoms with van der Waals surface area (Å²) in [5, 5.41) is 7.00. The van der Waals surface area contributed by atoms with Gasteiger partial charge in [0.1, 0.15) is 40.2 Å². The van der Waals surface area contributed by atoms with Gasteiger partial charge in [0, 0.05) is 34.7 Å². The van der Waals surface area contributed by atoms with Crippen LogP contribution in [0.25, 0.3) is 22.2 Å². The van der Waals surface area contributed by atoms with E-state index in [0.29, 0.717) is 32.8 Å². The largest absolute Gasteiger partial charge is 0.487 e. The van der Waals surface area contributed by atoms with Crippen molar-refractivity contribution in [3.63, 3.8) is 0 Å². The Kier molecular flexibility index (Phi) is 8.26. The lowest BCUT2D eigenvalue weighted by Crippen LogP contribution is -2.01. The fourth-order valence-electron chi connectivity index (χ4n) is 3.77. The summed E-state index contributed by atoms with van der Waals surface area (Å²) >= 11 is 7.86. The number of hydrogen-bond acceptors (Lipinski definition) is 8. The van der Waals surface area contributed by atoms with Crippen LogP contribution in [0.4, 0.5) is 15.9 Å². The molecule has 7 nitrogen and oxygen atoms in total. The summed E-state index contributed by atoms with van der Waals surface area (Å²) in [5.41, 5.74) is 3.77. The van der Waals surface area contributed by atoms with E-state index in [1.165, 1.54) is 36.1 Å². The highest BCUT2D eigenvalue weighted by Crippen LogP contribution is 2.32. The Morgan fingerprint density at radius 2 is 1.98 bits per heavy atom. The van der Waals surface area contributed by atoms with Gasteiger partial charge in [-0.15, -0.1) is 11.3 Å². The maximum absolute atomic E-state index is 13.4. The van der Waals surface area contributed by atoms with Crippen molar-refractivity contribution in [3.05, 3.63) is 93.8 Å². The van der Waals surface area contributed by atoms with E-state index in [0.717, 1.165) is 22.2 Å². The summed E-state index contributed by atoms with van der Waals surface area (Å²) in [4.78, 5) is 13.4. The molecule has 202 valence electrons. The Morgan fingerprint density at radius 3 is 2.77 bits per heavy atom. The van der Waals surface area contributed by atoms with E-state index in [1.54, 1.807) is 24.3 Å². The molecule has 40 heavy (non-hydrogen) atoms. The molecule has 0 atom stereocenters. The monoisotopic (exact) mass is 592 g/mol. The maximum Gasteiger partial charge on any atom is 0.167 e. The van der Waals surface area contributed by atoms with Gasteiger partial charge in [0.25, 0.3) is 0 Å². The molecule has 0 bridgehead atoms. The third kappa shape index (κ3) is 7.12. The summed E-state index contributed by atoms with van der Waals surface area (Å²) in [6.07, 6.45) is 2.94. The van der Waals surface area contributed by atoms with Gasteiger partial charge in [0.05, 0.1) is 22.0 Å². The molecule has 0 spiro atoms. The fraction of sp³-hybridized carbons (Fsp3) is 0.138. The third-order valence-electron chi connectivity index (χ3n) is 5.71. The zero-order valence-corrected chi connectivity index (χ0v) is 23.6. The molecule has 0 aliphatic heterocycles. The van der Waals surface area contributed by atoms with Gasteiger partial charge in [-0.3, -0.25) is 0 Å². The van der Waals surface area contributed by atoms with Gasteiger partial charge in [-0.05, 0) is 53.9 Å². The highest BCUT2D eigenvalue weighted by Gasteiger charge is 2.11. The Morgan fingerprint density at radius 1 is 1.10 bits per heavy atom. The van der Waals surface area contributed by atoms with Crippen LogP contribution < -0.4 is 10.1 Å². The number of ether oxygens (including phenoxy) is 1. The van der Waals surface area contributed by atoms with Crippen LogP contribution in [-0.4, -0.2) is 35.4 Å². The highest BCUT2D eigenvalue weighted by molar-refractivity contribution is 7.90. The average molecular weight is 593 g/mol. The molecule has 0 saturated carbocycles. The number of nitrogens with one attached hydrogen (secondary N) is 1. The summed E-state index contributed by atoms with van der Waals surface area (Å²) in [6, 6.07) is 17.3. The van der Waals surface area contributed by atoms with E-state index in [4.69, 9.17) is 16.3 Å². The average Bonchev–Trinajstić information content (AvgIpc) is 3.39. The molecule has 0 amide bonds. The first-order valence-corrected chi connectivity index (χ1v) is 15.4. The van der Waals surface area contributed by atoms with Crippen LogP contribution in [0.5, 0.6) is 5.75 Å². The lowest BCUT2D eigenvalue weighted by molar-refractivity contribution is 0.306. The van der Waals surface area contributed by atoms with Crippen molar-refractivity contribution in [1.29, 1.82) is 0 Å². The van der Waals surface area contributed by atoms with Crippen LogP contribution in [-0.2, 0) is 16.4 Å². The fourth-order valence-corrected chi connectivity index (χ4v) is 5.18. The van der Waals surface area contributed by atoms with Crippen LogP contribution in [0.15, 0.2) is 72.4 Å². The molecular weight excluding hydrogens is 571 g/mol. The van der Waals surface area contributed by atoms with Crippen LogP contribution in [0.1, 0.15) is 17.0 Å². The molecule has 0 aliphatic rings. The standard InChI is InChI=1S/C29H22ClFN4O3S2/c1-40(36,37)12-3-2-7-28-35-26(17-39-28)20-8-10-25-23(14-20)29(33-18-32-25)34-22-9-11-27(24(30)15-22)38-16-19-5-4-6-21(31)13-19/h4-6,8-11,13-15,17-18H,3,12,16H2,1H3,(H,32,33,34). The topological polar surface area (TPSA) is 94.1 Å². The van der Waals surface area contributed by atoms with E-state index >= 15 is 0 Å². The number of rotatable bonds is 8. The van der Waals surface area contributed by atoms with Crippen LogP contribution in [0.3, 0.4) is 0 Å². The minimum absolute atomic E-state index is 0.0224. The van der Waals surface area contributed by atoms with Crippen molar-refractivity contribution >= 4 is 55.2 Å². The zero-order valence-electron chi connectivity index (χ0n) is 21.2. The number of hydrogen-bond donors (Lipinski definition) is 1. The van der Waals surface area contributed by atoms with E-state index < -0.39 is 9.84 Å². The van der Waals surface area contributed by atoms with Gasteiger partial charge in [-0.2, -0.15) is 0 Å². The van der Waals surface area contributed by atoms with Crippen LogP contribution in [0.2, 0.25) is 5.02 Å². The molecule has 0 radical (unpaired) electrons. The Bertz CT molecular complexity index is 1870. The summed E-state index contributed by atoms with van der Waals surface area (Å²) in [5.74, 6) is 6.57. The predicted octanol–water partition coefficient (Wildman–Crippen LogP) is 6.65. The van der Waals surface area contributed by atoms with Gasteiger partial charge in [-0.25, -0.2) is 27.8 Å². The van der Waals surface area contributed by atoms with E-state index in [9.17, 15) is 12.8 Å². The number of nitrogens with zero attached hydrogens (tertiary/aromatic N) is 3. The molecule has 2 aromatic heterocycles. The summed E-state index contributed by atoms with van der Waals surface area (Å²) in [7, 11) is -3.05. The van der Waals surface area contributed by atoms with Crippen molar-refractivity contribution in [3.8, 4) is 28.8 Å². The number of sulfone groups is 1. The molecule has 2 heterocycles. The maximum atomic E-state index is 13.4. The quantitative estimate of drug-likeness (QED) is 0.201. The summed E-state index contributed by atoms with van der Waals surface area (Å²) in [6.45, 7) is 0.189. The Hall–Kier alpha value is -4.04. The first-order valence-electron chi connectivity index (χ1n) is 12.0. The minimum Gasteiger partial charge on any atom is -0.487 e. The first kappa shape index (κ1) is 27.5. The van der Waals surface area contributed by atoms with Crippen LogP contribution in [0, 0.1) is 17.7 Å². The van der Waals surface area contributed by atoms with Crippen LogP contribution >= 0.6 is 22.9 Å². The Balaban J connectivity index is 1.32. The van der Waals surface area contributed by atoms with Gasteiger partial charge < -0.3 is 10.1 Å².